The average molecular weight is 210 g/mol. The average Bonchev–Trinajstić information content (AvgIpc) is 3.04. The SMILES string of the molecule is O=C1OC(C2CCNCC2)CN1C1CC1. The Morgan fingerprint density at radius 1 is 1.20 bits per heavy atom. The van der Waals surface area contributed by atoms with Gasteiger partial charge in [-0.05, 0) is 38.8 Å². The molecule has 3 fully saturated rings. The molecule has 3 aliphatic rings. The summed E-state index contributed by atoms with van der Waals surface area (Å²) in [4.78, 5) is 13.5. The van der Waals surface area contributed by atoms with E-state index in [9.17, 15) is 4.79 Å². The second-order valence-corrected chi connectivity index (χ2v) is 4.89. The van der Waals surface area contributed by atoms with Gasteiger partial charge in [0, 0.05) is 12.0 Å². The quantitative estimate of drug-likeness (QED) is 0.738. The van der Waals surface area contributed by atoms with Crippen molar-refractivity contribution in [2.24, 2.45) is 5.92 Å². The number of amides is 1. The van der Waals surface area contributed by atoms with Gasteiger partial charge in [-0.3, -0.25) is 0 Å². The van der Waals surface area contributed by atoms with Crippen LogP contribution in [0, 0.1) is 5.92 Å². The van der Waals surface area contributed by atoms with Crippen molar-refractivity contribution in [1.29, 1.82) is 0 Å². The normalized spacial score (nSPS) is 33.2. The van der Waals surface area contributed by atoms with Crippen LogP contribution in [0.4, 0.5) is 4.79 Å². The molecule has 1 aliphatic carbocycles. The van der Waals surface area contributed by atoms with Crippen molar-refractivity contribution in [3.63, 3.8) is 0 Å². The number of piperidine rings is 1. The fraction of sp³-hybridized carbons (Fsp3) is 0.909. The van der Waals surface area contributed by atoms with E-state index in [1.54, 1.807) is 0 Å². The summed E-state index contributed by atoms with van der Waals surface area (Å²) >= 11 is 0. The standard InChI is InChI=1S/C11H18N2O2/c14-11-13(9-1-2-9)7-10(15-11)8-3-5-12-6-4-8/h8-10,12H,1-7H2. The molecule has 0 radical (unpaired) electrons. The van der Waals surface area contributed by atoms with E-state index >= 15 is 0 Å². The van der Waals surface area contributed by atoms with Crippen molar-refractivity contribution >= 4 is 6.09 Å². The summed E-state index contributed by atoms with van der Waals surface area (Å²) in [6.07, 6.45) is 4.75. The van der Waals surface area contributed by atoms with Gasteiger partial charge in [-0.15, -0.1) is 0 Å². The highest BCUT2D eigenvalue weighted by Crippen LogP contribution is 2.33. The predicted molar refractivity (Wildman–Crippen MR) is 55.6 cm³/mol. The van der Waals surface area contributed by atoms with Crippen LogP contribution >= 0.6 is 0 Å². The van der Waals surface area contributed by atoms with E-state index in [1.807, 2.05) is 4.90 Å². The molecule has 1 amide bonds. The molecule has 2 saturated heterocycles. The molecule has 1 saturated carbocycles. The third kappa shape index (κ3) is 1.83. The van der Waals surface area contributed by atoms with Gasteiger partial charge in [0.15, 0.2) is 0 Å². The van der Waals surface area contributed by atoms with Crippen LogP contribution in [0.2, 0.25) is 0 Å². The second-order valence-electron chi connectivity index (χ2n) is 4.89. The molecular weight excluding hydrogens is 192 g/mol. The molecule has 1 N–H and O–H groups in total. The van der Waals surface area contributed by atoms with Gasteiger partial charge in [0.1, 0.15) is 6.10 Å². The molecule has 4 heteroatoms. The van der Waals surface area contributed by atoms with E-state index < -0.39 is 0 Å². The number of nitrogens with zero attached hydrogens (tertiary/aromatic N) is 1. The van der Waals surface area contributed by atoms with Crippen molar-refractivity contribution < 1.29 is 9.53 Å². The molecule has 2 heterocycles. The minimum Gasteiger partial charge on any atom is -0.444 e. The summed E-state index contributed by atoms with van der Waals surface area (Å²) in [6, 6.07) is 0.504. The van der Waals surface area contributed by atoms with Gasteiger partial charge >= 0.3 is 6.09 Å². The molecule has 1 atom stereocenters. The summed E-state index contributed by atoms with van der Waals surface area (Å²) in [5.41, 5.74) is 0. The first-order valence-corrected chi connectivity index (χ1v) is 6.02. The van der Waals surface area contributed by atoms with Crippen molar-refractivity contribution in [3.8, 4) is 0 Å². The maximum atomic E-state index is 11.6. The minimum atomic E-state index is -0.0685. The number of cyclic esters (lactones) is 1. The largest absolute Gasteiger partial charge is 0.444 e. The lowest BCUT2D eigenvalue weighted by Gasteiger charge is -2.26. The Morgan fingerprint density at radius 3 is 2.60 bits per heavy atom. The van der Waals surface area contributed by atoms with E-state index in [-0.39, 0.29) is 12.2 Å². The van der Waals surface area contributed by atoms with Gasteiger partial charge in [-0.1, -0.05) is 0 Å². The first-order valence-electron chi connectivity index (χ1n) is 6.02. The summed E-state index contributed by atoms with van der Waals surface area (Å²) < 4.78 is 5.47. The third-order valence-electron chi connectivity index (χ3n) is 3.76. The van der Waals surface area contributed by atoms with Crippen LogP contribution in [-0.4, -0.2) is 42.8 Å². The summed E-state index contributed by atoms with van der Waals surface area (Å²) in [6.45, 7) is 2.98. The Hall–Kier alpha value is -0.770. The first-order chi connectivity index (χ1) is 7.34. The molecule has 0 aromatic rings. The molecule has 1 unspecified atom stereocenters. The predicted octanol–water partition coefficient (Wildman–Crippen LogP) is 0.969. The lowest BCUT2D eigenvalue weighted by atomic mass is 9.92. The number of rotatable bonds is 2. The van der Waals surface area contributed by atoms with Gasteiger partial charge < -0.3 is 15.0 Å². The van der Waals surface area contributed by atoms with Crippen LogP contribution in [-0.2, 0) is 4.74 Å². The number of nitrogens with one attached hydrogen (secondary N) is 1. The van der Waals surface area contributed by atoms with Crippen molar-refractivity contribution in [2.75, 3.05) is 19.6 Å². The topological polar surface area (TPSA) is 41.6 Å². The summed E-state index contributed by atoms with van der Waals surface area (Å²) in [5.74, 6) is 0.582. The van der Waals surface area contributed by atoms with Gasteiger partial charge in [0.05, 0.1) is 6.54 Å². The third-order valence-corrected chi connectivity index (χ3v) is 3.76. The van der Waals surface area contributed by atoms with Crippen LogP contribution in [0.1, 0.15) is 25.7 Å². The highest BCUT2D eigenvalue weighted by molar-refractivity contribution is 5.70. The number of hydrogen-bond donors (Lipinski definition) is 1. The highest BCUT2D eigenvalue weighted by atomic mass is 16.6. The van der Waals surface area contributed by atoms with E-state index in [0.29, 0.717) is 12.0 Å². The molecule has 0 aromatic heterocycles. The summed E-state index contributed by atoms with van der Waals surface area (Å²) in [7, 11) is 0. The van der Waals surface area contributed by atoms with Crippen molar-refractivity contribution in [3.05, 3.63) is 0 Å². The second kappa shape index (κ2) is 3.67. The number of ether oxygens (including phenoxy) is 1. The maximum absolute atomic E-state index is 11.6. The Labute approximate surface area is 90.0 Å². The molecule has 0 aromatic carbocycles. The zero-order valence-electron chi connectivity index (χ0n) is 8.95. The Bertz CT molecular complexity index is 259. The number of hydrogen-bond acceptors (Lipinski definition) is 3. The first kappa shape index (κ1) is 9.46. The fourth-order valence-electron chi connectivity index (χ4n) is 2.65. The molecule has 4 nitrogen and oxygen atoms in total. The Balaban J connectivity index is 1.60. The highest BCUT2D eigenvalue weighted by Gasteiger charge is 2.43. The smallest absolute Gasteiger partial charge is 0.410 e. The van der Waals surface area contributed by atoms with Gasteiger partial charge in [0.25, 0.3) is 0 Å². The lowest BCUT2D eigenvalue weighted by Crippen LogP contribution is -2.36. The monoisotopic (exact) mass is 210 g/mol. The molecule has 3 rings (SSSR count). The van der Waals surface area contributed by atoms with Crippen LogP contribution in [0.15, 0.2) is 0 Å². The number of carbonyl (C=O) groups is 1. The van der Waals surface area contributed by atoms with E-state index in [1.165, 1.54) is 12.8 Å². The molecule has 0 spiro atoms. The van der Waals surface area contributed by atoms with Gasteiger partial charge in [0.2, 0.25) is 0 Å². The maximum Gasteiger partial charge on any atom is 0.410 e. The van der Waals surface area contributed by atoms with E-state index in [4.69, 9.17) is 4.74 Å². The molecule has 0 bridgehead atoms. The minimum absolute atomic E-state index is 0.0685. The molecule has 15 heavy (non-hydrogen) atoms. The van der Waals surface area contributed by atoms with Crippen LogP contribution in [0.25, 0.3) is 0 Å². The zero-order chi connectivity index (χ0) is 10.3. The van der Waals surface area contributed by atoms with Gasteiger partial charge in [-0.25, -0.2) is 4.79 Å². The van der Waals surface area contributed by atoms with Crippen molar-refractivity contribution in [1.82, 2.24) is 10.2 Å². The van der Waals surface area contributed by atoms with Crippen LogP contribution in [0.5, 0.6) is 0 Å². The molecule has 84 valence electrons. The summed E-state index contributed by atoms with van der Waals surface area (Å²) in [5, 5.41) is 3.34. The Kier molecular flexibility index (Phi) is 2.31. The fourth-order valence-corrected chi connectivity index (χ4v) is 2.65. The van der Waals surface area contributed by atoms with E-state index in [0.717, 1.165) is 32.5 Å². The number of carbonyl (C=O) groups excluding carboxylic acids is 1. The Morgan fingerprint density at radius 2 is 1.93 bits per heavy atom. The molecular formula is C11H18N2O2. The molecule has 2 aliphatic heterocycles. The zero-order valence-corrected chi connectivity index (χ0v) is 8.95. The van der Waals surface area contributed by atoms with Crippen LogP contribution < -0.4 is 5.32 Å². The van der Waals surface area contributed by atoms with Gasteiger partial charge in [-0.2, -0.15) is 0 Å². The van der Waals surface area contributed by atoms with Crippen LogP contribution in [0.3, 0.4) is 0 Å². The van der Waals surface area contributed by atoms with Crippen molar-refractivity contribution in [2.45, 2.75) is 37.8 Å². The van der Waals surface area contributed by atoms with E-state index in [2.05, 4.69) is 5.32 Å². The lowest BCUT2D eigenvalue weighted by molar-refractivity contribution is 0.0905.